The van der Waals surface area contributed by atoms with Crippen molar-refractivity contribution in [3.63, 3.8) is 0 Å². The van der Waals surface area contributed by atoms with Gasteiger partial charge in [0.1, 0.15) is 6.26 Å². The van der Waals surface area contributed by atoms with E-state index in [0.717, 1.165) is 26.1 Å². The van der Waals surface area contributed by atoms with Crippen LogP contribution in [0.3, 0.4) is 0 Å². The van der Waals surface area contributed by atoms with E-state index in [1.807, 2.05) is 4.90 Å². The van der Waals surface area contributed by atoms with E-state index in [1.165, 1.54) is 19.4 Å². The molecule has 1 unspecified atom stereocenters. The summed E-state index contributed by atoms with van der Waals surface area (Å²) in [4.78, 5) is 16.8. The second-order valence-electron chi connectivity index (χ2n) is 4.95. The molecule has 1 aromatic heterocycles. The third-order valence-corrected chi connectivity index (χ3v) is 3.86. The van der Waals surface area contributed by atoms with Crippen molar-refractivity contribution in [2.45, 2.75) is 25.3 Å². The van der Waals surface area contributed by atoms with Gasteiger partial charge >= 0.3 is 0 Å². The van der Waals surface area contributed by atoms with E-state index >= 15 is 0 Å². The first-order chi connectivity index (χ1) is 8.34. The highest BCUT2D eigenvalue weighted by atomic mass is 16.3. The molecular formula is C13H18N2O2. The van der Waals surface area contributed by atoms with Crippen LogP contribution in [0, 0.1) is 0 Å². The number of rotatable bonds is 1. The minimum Gasteiger partial charge on any atom is -0.472 e. The van der Waals surface area contributed by atoms with Crippen molar-refractivity contribution in [1.82, 2.24) is 9.80 Å². The van der Waals surface area contributed by atoms with Crippen LogP contribution in [0.5, 0.6) is 0 Å². The van der Waals surface area contributed by atoms with E-state index in [9.17, 15) is 4.79 Å². The van der Waals surface area contributed by atoms with Crippen LogP contribution in [0.2, 0.25) is 0 Å². The van der Waals surface area contributed by atoms with Crippen LogP contribution in [-0.2, 0) is 0 Å². The van der Waals surface area contributed by atoms with E-state index in [2.05, 4.69) is 4.90 Å². The van der Waals surface area contributed by atoms with Gasteiger partial charge in [0.25, 0.3) is 5.91 Å². The van der Waals surface area contributed by atoms with E-state index in [-0.39, 0.29) is 5.91 Å². The zero-order valence-electron chi connectivity index (χ0n) is 9.97. The molecule has 1 atom stereocenters. The van der Waals surface area contributed by atoms with Gasteiger partial charge in [-0.1, -0.05) is 0 Å². The molecular weight excluding hydrogens is 216 g/mol. The molecule has 2 aliphatic heterocycles. The summed E-state index contributed by atoms with van der Waals surface area (Å²) in [6.45, 7) is 4.10. The Kier molecular flexibility index (Phi) is 2.89. The standard InChI is InChI=1S/C13H18N2O2/c16-13(11-4-8-17-10-11)15-7-2-6-14-5-1-3-12(14)9-15/h4,8,10,12H,1-3,5-7,9H2. The largest absolute Gasteiger partial charge is 0.472 e. The van der Waals surface area contributed by atoms with E-state index in [4.69, 9.17) is 4.42 Å². The van der Waals surface area contributed by atoms with E-state index < -0.39 is 0 Å². The highest BCUT2D eigenvalue weighted by Crippen LogP contribution is 2.22. The zero-order valence-corrected chi connectivity index (χ0v) is 9.97. The first-order valence-electron chi connectivity index (χ1n) is 6.40. The van der Waals surface area contributed by atoms with Crippen LogP contribution in [-0.4, -0.2) is 47.9 Å². The average molecular weight is 234 g/mol. The van der Waals surface area contributed by atoms with Crippen LogP contribution in [0.1, 0.15) is 29.6 Å². The molecule has 0 spiro atoms. The lowest BCUT2D eigenvalue weighted by molar-refractivity contribution is 0.0742. The van der Waals surface area contributed by atoms with Gasteiger partial charge in [0, 0.05) is 25.7 Å². The van der Waals surface area contributed by atoms with Gasteiger partial charge in [-0.2, -0.15) is 0 Å². The minimum absolute atomic E-state index is 0.118. The summed E-state index contributed by atoms with van der Waals surface area (Å²) in [5.41, 5.74) is 0.677. The summed E-state index contributed by atoms with van der Waals surface area (Å²) in [5.74, 6) is 0.118. The molecule has 4 nitrogen and oxygen atoms in total. The molecule has 0 bridgehead atoms. The number of amides is 1. The fourth-order valence-electron chi connectivity index (χ4n) is 2.96. The highest BCUT2D eigenvalue weighted by molar-refractivity contribution is 5.93. The number of fused-ring (bicyclic) bond motifs is 1. The summed E-state index contributed by atoms with van der Waals surface area (Å²) < 4.78 is 4.99. The Hall–Kier alpha value is -1.29. The van der Waals surface area contributed by atoms with Gasteiger partial charge in [-0.25, -0.2) is 0 Å². The van der Waals surface area contributed by atoms with Gasteiger partial charge < -0.3 is 9.32 Å². The molecule has 3 heterocycles. The Balaban J connectivity index is 1.72. The van der Waals surface area contributed by atoms with Crippen molar-refractivity contribution in [2.24, 2.45) is 0 Å². The number of nitrogens with zero attached hydrogens (tertiary/aromatic N) is 2. The molecule has 0 aliphatic carbocycles. The molecule has 3 rings (SSSR count). The Morgan fingerprint density at radius 1 is 1.29 bits per heavy atom. The van der Waals surface area contributed by atoms with Crippen LogP contribution < -0.4 is 0 Å². The lowest BCUT2D eigenvalue weighted by Crippen LogP contribution is -2.39. The second-order valence-corrected chi connectivity index (χ2v) is 4.95. The minimum atomic E-state index is 0.118. The van der Waals surface area contributed by atoms with Crippen molar-refractivity contribution in [2.75, 3.05) is 26.2 Å². The molecule has 4 heteroatoms. The SMILES string of the molecule is O=C(c1ccoc1)N1CCCN2CCCC2C1. The third kappa shape index (κ3) is 2.09. The second kappa shape index (κ2) is 4.53. The average Bonchev–Trinajstić information content (AvgIpc) is 2.96. The maximum Gasteiger partial charge on any atom is 0.257 e. The van der Waals surface area contributed by atoms with Gasteiger partial charge in [0.15, 0.2) is 0 Å². The molecule has 2 fully saturated rings. The van der Waals surface area contributed by atoms with Crippen LogP contribution in [0.25, 0.3) is 0 Å². The van der Waals surface area contributed by atoms with Crippen molar-refractivity contribution in [1.29, 1.82) is 0 Å². The van der Waals surface area contributed by atoms with Crippen LogP contribution >= 0.6 is 0 Å². The molecule has 1 amide bonds. The normalized spacial score (nSPS) is 25.6. The lowest BCUT2D eigenvalue weighted by atomic mass is 10.2. The van der Waals surface area contributed by atoms with Gasteiger partial charge in [-0.15, -0.1) is 0 Å². The highest BCUT2D eigenvalue weighted by Gasteiger charge is 2.30. The predicted molar refractivity (Wildman–Crippen MR) is 63.8 cm³/mol. The molecule has 0 radical (unpaired) electrons. The fourth-order valence-corrected chi connectivity index (χ4v) is 2.96. The number of furan rings is 1. The summed E-state index contributed by atoms with van der Waals surface area (Å²) >= 11 is 0. The zero-order chi connectivity index (χ0) is 11.7. The van der Waals surface area contributed by atoms with Crippen LogP contribution in [0.15, 0.2) is 23.0 Å². The Morgan fingerprint density at radius 3 is 3.00 bits per heavy atom. The molecule has 0 aromatic carbocycles. The molecule has 0 N–H and O–H groups in total. The summed E-state index contributed by atoms with van der Waals surface area (Å²) in [6, 6.07) is 2.33. The molecule has 2 saturated heterocycles. The fraction of sp³-hybridized carbons (Fsp3) is 0.615. The smallest absolute Gasteiger partial charge is 0.257 e. The molecule has 1 aromatic rings. The number of hydrogen-bond donors (Lipinski definition) is 0. The predicted octanol–water partition coefficient (Wildman–Crippen LogP) is 1.59. The lowest BCUT2D eigenvalue weighted by Gasteiger charge is -2.25. The Bertz CT molecular complexity index is 388. The maximum atomic E-state index is 12.2. The topological polar surface area (TPSA) is 36.7 Å². The maximum absolute atomic E-state index is 12.2. The molecule has 0 saturated carbocycles. The first-order valence-corrected chi connectivity index (χ1v) is 6.40. The molecule has 2 aliphatic rings. The molecule has 17 heavy (non-hydrogen) atoms. The first kappa shape index (κ1) is 10.8. The number of hydrogen-bond acceptors (Lipinski definition) is 3. The van der Waals surface area contributed by atoms with Crippen molar-refractivity contribution >= 4 is 5.91 Å². The van der Waals surface area contributed by atoms with E-state index in [0.29, 0.717) is 11.6 Å². The monoisotopic (exact) mass is 234 g/mol. The van der Waals surface area contributed by atoms with Gasteiger partial charge in [0.05, 0.1) is 11.8 Å². The van der Waals surface area contributed by atoms with Crippen LogP contribution in [0.4, 0.5) is 0 Å². The Morgan fingerprint density at radius 2 is 2.18 bits per heavy atom. The summed E-state index contributed by atoms with van der Waals surface area (Å²) in [6.07, 6.45) is 6.69. The summed E-state index contributed by atoms with van der Waals surface area (Å²) in [5, 5.41) is 0. The quantitative estimate of drug-likeness (QED) is 0.740. The number of carbonyl (C=O) groups is 1. The summed E-state index contributed by atoms with van der Waals surface area (Å²) in [7, 11) is 0. The Labute approximate surface area is 101 Å². The van der Waals surface area contributed by atoms with Gasteiger partial charge in [0.2, 0.25) is 0 Å². The third-order valence-electron chi connectivity index (χ3n) is 3.86. The molecule has 92 valence electrons. The van der Waals surface area contributed by atoms with Crippen molar-refractivity contribution in [3.8, 4) is 0 Å². The van der Waals surface area contributed by atoms with Crippen molar-refractivity contribution in [3.05, 3.63) is 24.2 Å². The van der Waals surface area contributed by atoms with Gasteiger partial charge in [-0.3, -0.25) is 9.69 Å². The van der Waals surface area contributed by atoms with Gasteiger partial charge in [-0.05, 0) is 31.9 Å². The van der Waals surface area contributed by atoms with Crippen molar-refractivity contribution < 1.29 is 9.21 Å². The van der Waals surface area contributed by atoms with E-state index in [1.54, 1.807) is 18.6 Å². The number of carbonyl (C=O) groups excluding carboxylic acids is 1.